The topological polar surface area (TPSA) is 42.0 Å². The van der Waals surface area contributed by atoms with Gasteiger partial charge in [0.1, 0.15) is 5.15 Å². The Kier molecular flexibility index (Phi) is 4.54. The third kappa shape index (κ3) is 3.47. The van der Waals surface area contributed by atoms with Crippen molar-refractivity contribution in [2.45, 2.75) is 26.3 Å². The SMILES string of the molecule is CCC(C)NC(=O)c1cnc(Cl)c(Br)c1. The van der Waals surface area contributed by atoms with Gasteiger partial charge in [-0.2, -0.15) is 0 Å². The fourth-order valence-corrected chi connectivity index (χ4v) is 1.41. The van der Waals surface area contributed by atoms with Crippen molar-refractivity contribution in [3.8, 4) is 0 Å². The van der Waals surface area contributed by atoms with Crippen molar-refractivity contribution in [3.63, 3.8) is 0 Å². The maximum atomic E-state index is 11.7. The zero-order valence-corrected chi connectivity index (χ0v) is 10.9. The Morgan fingerprint density at radius 1 is 1.73 bits per heavy atom. The van der Waals surface area contributed by atoms with E-state index >= 15 is 0 Å². The zero-order valence-electron chi connectivity index (χ0n) is 8.55. The number of pyridine rings is 1. The summed E-state index contributed by atoms with van der Waals surface area (Å²) in [7, 11) is 0. The predicted octanol–water partition coefficient (Wildman–Crippen LogP) is 3.03. The number of amides is 1. The zero-order chi connectivity index (χ0) is 11.4. The molecule has 0 aliphatic heterocycles. The Balaban J connectivity index is 2.78. The summed E-state index contributed by atoms with van der Waals surface area (Å²) in [5.74, 6) is -0.130. The summed E-state index contributed by atoms with van der Waals surface area (Å²) in [4.78, 5) is 15.6. The van der Waals surface area contributed by atoms with Crippen LogP contribution in [0, 0.1) is 0 Å². The molecule has 0 aliphatic carbocycles. The molecule has 1 unspecified atom stereocenters. The van der Waals surface area contributed by atoms with Crippen molar-refractivity contribution >= 4 is 33.4 Å². The second kappa shape index (κ2) is 5.47. The van der Waals surface area contributed by atoms with Crippen molar-refractivity contribution in [3.05, 3.63) is 27.5 Å². The average molecular weight is 292 g/mol. The lowest BCUT2D eigenvalue weighted by Gasteiger charge is -2.11. The van der Waals surface area contributed by atoms with Crippen LogP contribution in [0.4, 0.5) is 0 Å². The first-order chi connectivity index (χ1) is 7.04. The van der Waals surface area contributed by atoms with Crippen molar-refractivity contribution in [1.82, 2.24) is 10.3 Å². The highest BCUT2D eigenvalue weighted by Gasteiger charge is 2.10. The van der Waals surface area contributed by atoms with Gasteiger partial charge >= 0.3 is 0 Å². The molecular formula is C10H12BrClN2O. The molecule has 0 bridgehead atoms. The highest BCUT2D eigenvalue weighted by molar-refractivity contribution is 9.10. The maximum Gasteiger partial charge on any atom is 0.253 e. The molecular weight excluding hydrogens is 279 g/mol. The van der Waals surface area contributed by atoms with E-state index in [2.05, 4.69) is 26.2 Å². The van der Waals surface area contributed by atoms with Gasteiger partial charge in [0.25, 0.3) is 5.91 Å². The molecule has 1 aromatic rings. The van der Waals surface area contributed by atoms with E-state index in [0.29, 0.717) is 15.2 Å². The molecule has 1 rings (SSSR count). The van der Waals surface area contributed by atoms with Crippen LogP contribution >= 0.6 is 27.5 Å². The number of nitrogens with one attached hydrogen (secondary N) is 1. The normalized spacial score (nSPS) is 12.3. The van der Waals surface area contributed by atoms with Crippen LogP contribution in [0.25, 0.3) is 0 Å². The first-order valence-electron chi connectivity index (χ1n) is 4.66. The molecule has 0 aliphatic rings. The van der Waals surface area contributed by atoms with Gasteiger partial charge in [-0.3, -0.25) is 4.79 Å². The second-order valence-corrected chi connectivity index (χ2v) is 4.49. The van der Waals surface area contributed by atoms with E-state index in [-0.39, 0.29) is 11.9 Å². The van der Waals surface area contributed by atoms with Crippen molar-refractivity contribution in [1.29, 1.82) is 0 Å². The number of aromatic nitrogens is 1. The van der Waals surface area contributed by atoms with Gasteiger partial charge in [0.15, 0.2) is 0 Å². The van der Waals surface area contributed by atoms with E-state index in [1.54, 1.807) is 6.07 Å². The van der Waals surface area contributed by atoms with Gasteiger partial charge in [0, 0.05) is 12.2 Å². The van der Waals surface area contributed by atoms with E-state index < -0.39 is 0 Å². The van der Waals surface area contributed by atoms with Gasteiger partial charge in [-0.25, -0.2) is 4.98 Å². The Morgan fingerprint density at radius 2 is 2.40 bits per heavy atom. The van der Waals surface area contributed by atoms with Crippen LogP contribution in [0.2, 0.25) is 5.15 Å². The van der Waals surface area contributed by atoms with Crippen LogP contribution in [-0.2, 0) is 0 Å². The summed E-state index contributed by atoms with van der Waals surface area (Å²) >= 11 is 8.95. The molecule has 0 saturated carbocycles. The molecule has 82 valence electrons. The third-order valence-electron chi connectivity index (χ3n) is 2.05. The van der Waals surface area contributed by atoms with Crippen molar-refractivity contribution in [2.24, 2.45) is 0 Å². The molecule has 0 aromatic carbocycles. The summed E-state index contributed by atoms with van der Waals surface area (Å²) in [6, 6.07) is 1.82. The first-order valence-corrected chi connectivity index (χ1v) is 5.83. The van der Waals surface area contributed by atoms with Crippen LogP contribution in [-0.4, -0.2) is 16.9 Å². The molecule has 1 amide bonds. The molecule has 1 aromatic heterocycles. The van der Waals surface area contributed by atoms with Gasteiger partial charge in [0.2, 0.25) is 0 Å². The minimum Gasteiger partial charge on any atom is -0.350 e. The van der Waals surface area contributed by atoms with E-state index in [1.807, 2.05) is 13.8 Å². The minimum absolute atomic E-state index is 0.130. The fourth-order valence-electron chi connectivity index (χ4n) is 0.955. The van der Waals surface area contributed by atoms with Crippen LogP contribution < -0.4 is 5.32 Å². The lowest BCUT2D eigenvalue weighted by Crippen LogP contribution is -2.31. The maximum absolute atomic E-state index is 11.7. The molecule has 5 heteroatoms. The molecule has 0 fully saturated rings. The van der Waals surface area contributed by atoms with Crippen LogP contribution in [0.15, 0.2) is 16.7 Å². The van der Waals surface area contributed by atoms with E-state index in [1.165, 1.54) is 6.20 Å². The van der Waals surface area contributed by atoms with Gasteiger partial charge in [-0.05, 0) is 35.3 Å². The van der Waals surface area contributed by atoms with Crippen LogP contribution in [0.3, 0.4) is 0 Å². The highest BCUT2D eigenvalue weighted by Crippen LogP contribution is 2.20. The lowest BCUT2D eigenvalue weighted by atomic mass is 10.2. The van der Waals surface area contributed by atoms with Crippen LogP contribution in [0.5, 0.6) is 0 Å². The Bertz CT molecular complexity index is 370. The average Bonchev–Trinajstić information content (AvgIpc) is 2.21. The van der Waals surface area contributed by atoms with Crippen molar-refractivity contribution in [2.75, 3.05) is 0 Å². The molecule has 3 nitrogen and oxygen atoms in total. The Labute approximate surface area is 102 Å². The Morgan fingerprint density at radius 3 is 2.93 bits per heavy atom. The number of rotatable bonds is 3. The molecule has 0 radical (unpaired) electrons. The fraction of sp³-hybridized carbons (Fsp3) is 0.400. The van der Waals surface area contributed by atoms with Gasteiger partial charge in [0.05, 0.1) is 10.0 Å². The van der Waals surface area contributed by atoms with Gasteiger partial charge < -0.3 is 5.32 Å². The Hall–Kier alpha value is -0.610. The highest BCUT2D eigenvalue weighted by atomic mass is 79.9. The molecule has 1 N–H and O–H groups in total. The third-order valence-corrected chi connectivity index (χ3v) is 3.18. The second-order valence-electron chi connectivity index (χ2n) is 3.28. The number of hydrogen-bond donors (Lipinski definition) is 1. The number of nitrogens with zero attached hydrogens (tertiary/aromatic N) is 1. The summed E-state index contributed by atoms with van der Waals surface area (Å²) in [5.41, 5.74) is 0.506. The molecule has 0 saturated heterocycles. The molecule has 15 heavy (non-hydrogen) atoms. The smallest absolute Gasteiger partial charge is 0.253 e. The van der Waals surface area contributed by atoms with E-state index in [4.69, 9.17) is 11.6 Å². The standard InChI is InChI=1S/C10H12BrClN2O/c1-3-6(2)14-10(15)7-4-8(11)9(12)13-5-7/h4-6H,3H2,1-2H3,(H,14,15). The summed E-state index contributed by atoms with van der Waals surface area (Å²) in [5, 5.41) is 3.21. The van der Waals surface area contributed by atoms with E-state index in [9.17, 15) is 4.79 Å². The largest absolute Gasteiger partial charge is 0.350 e. The number of carbonyl (C=O) groups excluding carboxylic acids is 1. The molecule has 1 heterocycles. The summed E-state index contributed by atoms with van der Waals surface area (Å²) in [6.07, 6.45) is 2.36. The van der Waals surface area contributed by atoms with E-state index in [0.717, 1.165) is 6.42 Å². The monoisotopic (exact) mass is 290 g/mol. The molecule has 0 spiro atoms. The quantitative estimate of drug-likeness (QED) is 0.870. The van der Waals surface area contributed by atoms with Gasteiger partial charge in [-0.15, -0.1) is 0 Å². The van der Waals surface area contributed by atoms with Gasteiger partial charge in [-0.1, -0.05) is 18.5 Å². The predicted molar refractivity (Wildman–Crippen MR) is 64.2 cm³/mol. The number of carbonyl (C=O) groups is 1. The van der Waals surface area contributed by atoms with Crippen molar-refractivity contribution < 1.29 is 4.79 Å². The lowest BCUT2D eigenvalue weighted by molar-refractivity contribution is 0.0939. The first kappa shape index (κ1) is 12.5. The molecule has 1 atom stereocenters. The number of halogens is 2. The minimum atomic E-state index is -0.130. The number of hydrogen-bond acceptors (Lipinski definition) is 2. The summed E-state index contributed by atoms with van der Waals surface area (Å²) < 4.78 is 0.626. The van der Waals surface area contributed by atoms with Crippen LogP contribution in [0.1, 0.15) is 30.6 Å². The summed E-state index contributed by atoms with van der Waals surface area (Å²) in [6.45, 7) is 3.97.